The Morgan fingerprint density at radius 1 is 1.11 bits per heavy atom. The average molecular weight is 373 g/mol. The number of hydrogen-bond donors (Lipinski definition) is 2. The van der Waals surface area contributed by atoms with Crippen molar-refractivity contribution in [2.75, 3.05) is 7.05 Å². The third-order valence-corrected chi connectivity index (χ3v) is 5.27. The van der Waals surface area contributed by atoms with Gasteiger partial charge in [0.05, 0.1) is 17.5 Å². The molecule has 4 rings (SSSR count). The molecule has 1 atom stereocenters. The lowest BCUT2D eigenvalue weighted by Gasteiger charge is -2.36. The molecule has 2 aromatic carbocycles. The molecule has 1 fully saturated rings. The molecule has 1 spiro atoms. The summed E-state index contributed by atoms with van der Waals surface area (Å²) in [4.78, 5) is 16.2. The van der Waals surface area contributed by atoms with Gasteiger partial charge in [0.2, 0.25) is 5.91 Å². The Morgan fingerprint density at radius 2 is 1.89 bits per heavy atom. The van der Waals surface area contributed by atoms with E-state index in [9.17, 15) is 18.0 Å². The average Bonchev–Trinajstić information content (AvgIpc) is 2.97. The van der Waals surface area contributed by atoms with E-state index in [1.165, 1.54) is 6.07 Å². The first-order chi connectivity index (χ1) is 12.8. The number of carbonyl (C=O) groups excluding carboxylic acids is 1. The first kappa shape index (κ1) is 17.6. The van der Waals surface area contributed by atoms with Crippen LogP contribution in [0.1, 0.15) is 29.5 Å². The van der Waals surface area contributed by atoms with Crippen molar-refractivity contribution in [3.05, 3.63) is 59.2 Å². The number of rotatable bonds is 1. The Morgan fingerprint density at radius 3 is 2.63 bits per heavy atom. The van der Waals surface area contributed by atoms with Gasteiger partial charge in [0, 0.05) is 7.05 Å². The van der Waals surface area contributed by atoms with E-state index in [1.54, 1.807) is 13.1 Å². The summed E-state index contributed by atoms with van der Waals surface area (Å²) in [5.74, 6) is 0.301. The molecule has 1 saturated heterocycles. The molecule has 0 aromatic heterocycles. The summed E-state index contributed by atoms with van der Waals surface area (Å²) in [5.41, 5.74) is 2.01. The van der Waals surface area contributed by atoms with Crippen molar-refractivity contribution in [2.45, 2.75) is 31.0 Å². The summed E-state index contributed by atoms with van der Waals surface area (Å²) in [6, 6.07) is 11.0. The summed E-state index contributed by atoms with van der Waals surface area (Å²) < 4.78 is 39.1. The molecule has 7 heteroatoms. The van der Waals surface area contributed by atoms with Crippen LogP contribution >= 0.6 is 0 Å². The Labute approximate surface area is 154 Å². The van der Waals surface area contributed by atoms with Crippen molar-refractivity contribution < 1.29 is 18.0 Å². The largest absolute Gasteiger partial charge is 0.416 e. The molecule has 2 N–H and O–H groups in total. The van der Waals surface area contributed by atoms with Crippen LogP contribution in [0.5, 0.6) is 0 Å². The number of amides is 1. The smallest absolute Gasteiger partial charge is 0.346 e. The molecule has 2 aliphatic rings. The molecular formula is C20H18F3N3O. The quantitative estimate of drug-likeness (QED) is 0.802. The highest BCUT2D eigenvalue weighted by atomic mass is 19.4. The van der Waals surface area contributed by atoms with Crippen LogP contribution in [0.15, 0.2) is 47.5 Å². The first-order valence-corrected chi connectivity index (χ1v) is 8.67. The molecule has 1 aliphatic heterocycles. The molecule has 4 nitrogen and oxygen atoms in total. The van der Waals surface area contributed by atoms with Gasteiger partial charge < -0.3 is 5.32 Å². The SMILES string of the molecule is CN=C1NC(=O)C[C@]2(CCc3ccc(-c4cccc(C(F)(F)F)c4)cc32)N1. The van der Waals surface area contributed by atoms with Gasteiger partial charge in [-0.05, 0) is 53.3 Å². The fraction of sp³-hybridized carbons (Fsp3) is 0.300. The van der Waals surface area contributed by atoms with Gasteiger partial charge in [-0.25, -0.2) is 0 Å². The van der Waals surface area contributed by atoms with Crippen LogP contribution in [-0.2, 0) is 22.9 Å². The number of halogens is 3. The number of carbonyl (C=O) groups is 1. The molecule has 0 saturated carbocycles. The fourth-order valence-electron chi connectivity index (χ4n) is 3.96. The van der Waals surface area contributed by atoms with E-state index in [0.717, 1.165) is 36.1 Å². The zero-order chi connectivity index (χ0) is 19.2. The van der Waals surface area contributed by atoms with Gasteiger partial charge in [0.15, 0.2) is 5.96 Å². The van der Waals surface area contributed by atoms with Crippen molar-refractivity contribution in [1.29, 1.82) is 0 Å². The molecule has 0 unspecified atom stereocenters. The van der Waals surface area contributed by atoms with Gasteiger partial charge in [-0.2, -0.15) is 13.2 Å². The number of aliphatic imine (C=N–C) groups is 1. The summed E-state index contributed by atoms with van der Waals surface area (Å²) in [6.07, 6.45) is -2.58. The lowest BCUT2D eigenvalue weighted by atomic mass is 9.85. The third kappa shape index (κ3) is 3.07. The van der Waals surface area contributed by atoms with E-state index in [2.05, 4.69) is 15.6 Å². The van der Waals surface area contributed by atoms with Crippen molar-refractivity contribution in [2.24, 2.45) is 4.99 Å². The van der Waals surface area contributed by atoms with Crippen LogP contribution in [0.3, 0.4) is 0 Å². The van der Waals surface area contributed by atoms with Crippen molar-refractivity contribution >= 4 is 11.9 Å². The summed E-state index contributed by atoms with van der Waals surface area (Å²) in [6.45, 7) is 0. The maximum Gasteiger partial charge on any atom is 0.416 e. The monoisotopic (exact) mass is 373 g/mol. The molecule has 0 radical (unpaired) electrons. The number of nitrogens with zero attached hydrogens (tertiary/aromatic N) is 1. The van der Waals surface area contributed by atoms with Crippen LogP contribution in [0, 0.1) is 0 Å². The second-order valence-electron chi connectivity index (χ2n) is 6.95. The second kappa shape index (κ2) is 6.11. The van der Waals surface area contributed by atoms with E-state index >= 15 is 0 Å². The Hall–Kier alpha value is -2.83. The predicted octanol–water partition coefficient (Wildman–Crippen LogP) is 3.61. The number of alkyl halides is 3. The van der Waals surface area contributed by atoms with Crippen molar-refractivity contribution in [3.63, 3.8) is 0 Å². The lowest BCUT2D eigenvalue weighted by molar-refractivity contribution is -0.137. The van der Waals surface area contributed by atoms with Crippen molar-refractivity contribution in [3.8, 4) is 11.1 Å². The van der Waals surface area contributed by atoms with E-state index in [0.29, 0.717) is 17.1 Å². The highest BCUT2D eigenvalue weighted by molar-refractivity contribution is 6.00. The molecule has 1 heterocycles. The van der Waals surface area contributed by atoms with E-state index in [-0.39, 0.29) is 12.3 Å². The van der Waals surface area contributed by atoms with Gasteiger partial charge in [0.1, 0.15) is 0 Å². The van der Waals surface area contributed by atoms with Gasteiger partial charge in [0.25, 0.3) is 0 Å². The van der Waals surface area contributed by atoms with E-state index in [1.807, 2.05) is 18.2 Å². The molecule has 0 bridgehead atoms. The zero-order valence-corrected chi connectivity index (χ0v) is 14.7. The van der Waals surface area contributed by atoms with Crippen LogP contribution in [0.25, 0.3) is 11.1 Å². The van der Waals surface area contributed by atoms with Gasteiger partial charge >= 0.3 is 6.18 Å². The molecule has 27 heavy (non-hydrogen) atoms. The van der Waals surface area contributed by atoms with Crippen LogP contribution in [-0.4, -0.2) is 18.9 Å². The standard InChI is InChI=1S/C20H18F3N3O/c1-24-18-25-17(27)11-19(26-18)8-7-12-5-6-14(10-16(12)19)13-3-2-4-15(9-13)20(21,22)23/h2-6,9-10H,7-8,11H2,1H3,(H2,24,25,26,27)/t19-/m0/s1. The number of fused-ring (bicyclic) bond motifs is 2. The molecule has 1 aliphatic carbocycles. The van der Waals surface area contributed by atoms with Gasteiger partial charge in [-0.3, -0.25) is 15.1 Å². The maximum absolute atomic E-state index is 13.0. The third-order valence-electron chi connectivity index (χ3n) is 5.27. The zero-order valence-electron chi connectivity index (χ0n) is 14.7. The number of nitrogens with one attached hydrogen (secondary N) is 2. The fourth-order valence-corrected chi connectivity index (χ4v) is 3.96. The highest BCUT2D eigenvalue weighted by Crippen LogP contribution is 2.42. The van der Waals surface area contributed by atoms with Crippen LogP contribution in [0.2, 0.25) is 0 Å². The maximum atomic E-state index is 13.0. The number of benzene rings is 2. The number of guanidine groups is 1. The van der Waals surface area contributed by atoms with Crippen LogP contribution < -0.4 is 10.6 Å². The normalized spacial score (nSPS) is 23.3. The summed E-state index contributed by atoms with van der Waals surface area (Å²) in [7, 11) is 1.59. The first-order valence-electron chi connectivity index (χ1n) is 8.67. The molecular weight excluding hydrogens is 355 g/mol. The minimum absolute atomic E-state index is 0.119. The Bertz CT molecular complexity index is 952. The molecule has 140 valence electrons. The summed E-state index contributed by atoms with van der Waals surface area (Å²) in [5, 5.41) is 6.01. The lowest BCUT2D eigenvalue weighted by Crippen LogP contribution is -2.58. The number of hydrogen-bond acceptors (Lipinski definition) is 2. The van der Waals surface area contributed by atoms with Gasteiger partial charge in [-0.1, -0.05) is 24.3 Å². The molecule has 2 aromatic rings. The minimum atomic E-state index is -4.39. The van der Waals surface area contributed by atoms with Crippen molar-refractivity contribution in [1.82, 2.24) is 10.6 Å². The van der Waals surface area contributed by atoms with Crippen LogP contribution in [0.4, 0.5) is 13.2 Å². The Kier molecular flexibility index (Phi) is 3.98. The second-order valence-corrected chi connectivity index (χ2v) is 6.95. The topological polar surface area (TPSA) is 53.5 Å². The summed E-state index contributed by atoms with van der Waals surface area (Å²) >= 11 is 0. The Balaban J connectivity index is 1.77. The highest BCUT2D eigenvalue weighted by Gasteiger charge is 2.44. The van der Waals surface area contributed by atoms with E-state index < -0.39 is 17.3 Å². The predicted molar refractivity (Wildman–Crippen MR) is 96.1 cm³/mol. The minimum Gasteiger partial charge on any atom is -0.346 e. The number of aryl methyl sites for hydroxylation is 1. The molecule has 1 amide bonds. The van der Waals surface area contributed by atoms with E-state index in [4.69, 9.17) is 0 Å². The van der Waals surface area contributed by atoms with Gasteiger partial charge in [-0.15, -0.1) is 0 Å².